The predicted molar refractivity (Wildman–Crippen MR) is 266 cm³/mol. The summed E-state index contributed by atoms with van der Waals surface area (Å²) in [4.78, 5) is 38.0. The predicted octanol–water partition coefficient (Wildman–Crippen LogP) is 18.2. The fourth-order valence-electron chi connectivity index (χ4n) is 8.57. The van der Waals surface area contributed by atoms with Gasteiger partial charge in [0.15, 0.2) is 6.10 Å². The molecule has 62 heavy (non-hydrogen) atoms. The van der Waals surface area contributed by atoms with E-state index in [1.165, 1.54) is 212 Å². The lowest BCUT2D eigenvalue weighted by Crippen LogP contribution is -2.30. The van der Waals surface area contributed by atoms with Gasteiger partial charge in [0, 0.05) is 19.3 Å². The highest BCUT2D eigenvalue weighted by Crippen LogP contribution is 2.18. The van der Waals surface area contributed by atoms with E-state index in [-0.39, 0.29) is 31.1 Å². The third kappa shape index (κ3) is 49.4. The Morgan fingerprint density at radius 3 is 0.790 bits per heavy atom. The molecule has 0 aliphatic heterocycles. The second-order valence-electron chi connectivity index (χ2n) is 19.7. The monoisotopic (exact) mass is 877 g/mol. The summed E-state index contributed by atoms with van der Waals surface area (Å²) in [5, 5.41) is 0. The zero-order valence-corrected chi connectivity index (χ0v) is 42.3. The van der Waals surface area contributed by atoms with Crippen LogP contribution in [0, 0.1) is 5.92 Å². The van der Waals surface area contributed by atoms with Crippen LogP contribution in [0.3, 0.4) is 0 Å². The van der Waals surface area contributed by atoms with Crippen LogP contribution < -0.4 is 0 Å². The van der Waals surface area contributed by atoms with Crippen molar-refractivity contribution in [3.63, 3.8) is 0 Å². The molecule has 1 atom stereocenters. The van der Waals surface area contributed by atoms with Crippen molar-refractivity contribution in [2.75, 3.05) is 13.2 Å². The first-order valence-corrected chi connectivity index (χ1v) is 27.9. The van der Waals surface area contributed by atoms with E-state index in [4.69, 9.17) is 14.2 Å². The number of carbonyl (C=O) groups excluding carboxylic acids is 3. The molecule has 0 aliphatic rings. The van der Waals surface area contributed by atoms with Gasteiger partial charge in [0.25, 0.3) is 0 Å². The number of hydrogen-bond donors (Lipinski definition) is 0. The van der Waals surface area contributed by atoms with Gasteiger partial charge in [-0.05, 0) is 25.2 Å². The average Bonchev–Trinajstić information content (AvgIpc) is 3.26. The molecule has 0 aromatic carbocycles. The minimum Gasteiger partial charge on any atom is -0.462 e. The van der Waals surface area contributed by atoms with Gasteiger partial charge in [0.2, 0.25) is 0 Å². The van der Waals surface area contributed by atoms with Crippen LogP contribution in [-0.2, 0) is 28.6 Å². The molecule has 6 heteroatoms. The Balaban J connectivity index is 4.21. The van der Waals surface area contributed by atoms with Crippen molar-refractivity contribution in [1.29, 1.82) is 0 Å². The number of rotatable bonds is 51. The van der Waals surface area contributed by atoms with Crippen LogP contribution in [-0.4, -0.2) is 37.2 Å². The van der Waals surface area contributed by atoms with Crippen LogP contribution in [0.2, 0.25) is 0 Å². The van der Waals surface area contributed by atoms with E-state index in [1.54, 1.807) is 0 Å². The Morgan fingerprint density at radius 1 is 0.306 bits per heavy atom. The molecule has 0 rings (SSSR count). The molecule has 368 valence electrons. The van der Waals surface area contributed by atoms with Crippen LogP contribution in [0.25, 0.3) is 0 Å². The molecule has 0 radical (unpaired) electrons. The molecule has 0 heterocycles. The van der Waals surface area contributed by atoms with Crippen LogP contribution in [0.15, 0.2) is 0 Å². The lowest BCUT2D eigenvalue weighted by molar-refractivity contribution is -0.167. The van der Waals surface area contributed by atoms with E-state index in [0.29, 0.717) is 19.3 Å². The second kappa shape index (κ2) is 50.4. The smallest absolute Gasteiger partial charge is 0.306 e. The molecule has 0 amide bonds. The standard InChI is InChI=1S/C56H108O6/c1-5-7-9-11-13-15-16-17-18-22-26-29-33-37-41-45-49-56(59)62-53(50-60-54(57)47-43-39-35-30-14-12-10-8-6-2)51-61-55(58)48-44-40-36-32-28-25-23-20-19-21-24-27-31-34-38-42-46-52(3)4/h52-53H,5-51H2,1-4H3/t53-/m1/s1. The molecule has 0 aromatic heterocycles. The Morgan fingerprint density at radius 2 is 0.532 bits per heavy atom. The third-order valence-electron chi connectivity index (χ3n) is 12.8. The molecule has 0 saturated carbocycles. The quantitative estimate of drug-likeness (QED) is 0.0344. The molecule has 6 nitrogen and oxygen atoms in total. The maximum Gasteiger partial charge on any atom is 0.306 e. The normalized spacial score (nSPS) is 12.0. The van der Waals surface area contributed by atoms with Gasteiger partial charge in [-0.25, -0.2) is 0 Å². The number of ether oxygens (including phenoxy) is 3. The fraction of sp³-hybridized carbons (Fsp3) is 0.946. The maximum atomic E-state index is 12.8. The summed E-state index contributed by atoms with van der Waals surface area (Å²) in [6.45, 7) is 9.04. The molecule has 0 fully saturated rings. The van der Waals surface area contributed by atoms with Crippen molar-refractivity contribution in [2.24, 2.45) is 5.92 Å². The summed E-state index contributed by atoms with van der Waals surface area (Å²) in [5.41, 5.74) is 0. The van der Waals surface area contributed by atoms with Gasteiger partial charge < -0.3 is 14.2 Å². The van der Waals surface area contributed by atoms with Crippen molar-refractivity contribution in [3.05, 3.63) is 0 Å². The van der Waals surface area contributed by atoms with Crippen molar-refractivity contribution in [2.45, 2.75) is 323 Å². The molecule has 0 bridgehead atoms. The van der Waals surface area contributed by atoms with E-state index in [0.717, 1.165) is 63.7 Å². The minimum atomic E-state index is -0.760. The minimum absolute atomic E-state index is 0.0622. The van der Waals surface area contributed by atoms with Crippen LogP contribution in [0.5, 0.6) is 0 Å². The Kier molecular flexibility index (Phi) is 49.1. The van der Waals surface area contributed by atoms with E-state index in [1.807, 2.05) is 0 Å². The summed E-state index contributed by atoms with van der Waals surface area (Å²) in [7, 11) is 0. The Bertz CT molecular complexity index is 933. The largest absolute Gasteiger partial charge is 0.462 e. The first-order chi connectivity index (χ1) is 30.4. The molecule has 0 spiro atoms. The van der Waals surface area contributed by atoms with Crippen molar-refractivity contribution < 1.29 is 28.6 Å². The average molecular weight is 877 g/mol. The summed E-state index contributed by atoms with van der Waals surface area (Å²) in [5.74, 6) is 0.0118. The van der Waals surface area contributed by atoms with E-state index in [2.05, 4.69) is 27.7 Å². The molecule has 0 aromatic rings. The van der Waals surface area contributed by atoms with E-state index >= 15 is 0 Å². The highest BCUT2D eigenvalue weighted by atomic mass is 16.6. The zero-order chi connectivity index (χ0) is 45.2. The van der Waals surface area contributed by atoms with Crippen LogP contribution in [0.4, 0.5) is 0 Å². The highest BCUT2D eigenvalue weighted by molar-refractivity contribution is 5.71. The van der Waals surface area contributed by atoms with Crippen molar-refractivity contribution >= 4 is 17.9 Å². The maximum absolute atomic E-state index is 12.8. The van der Waals surface area contributed by atoms with Gasteiger partial charge in [-0.15, -0.1) is 0 Å². The molecular weight excluding hydrogens is 769 g/mol. The summed E-state index contributed by atoms with van der Waals surface area (Å²) < 4.78 is 16.8. The Hall–Kier alpha value is -1.59. The van der Waals surface area contributed by atoms with Gasteiger partial charge in [-0.3, -0.25) is 14.4 Å². The molecular formula is C56H108O6. The fourth-order valence-corrected chi connectivity index (χ4v) is 8.57. The molecule has 0 unspecified atom stereocenters. The van der Waals surface area contributed by atoms with Gasteiger partial charge in [-0.2, -0.15) is 0 Å². The van der Waals surface area contributed by atoms with Gasteiger partial charge in [-0.1, -0.05) is 278 Å². The summed E-state index contributed by atoms with van der Waals surface area (Å²) in [6, 6.07) is 0. The highest BCUT2D eigenvalue weighted by Gasteiger charge is 2.19. The number of hydrogen-bond acceptors (Lipinski definition) is 6. The Labute approximate surface area is 387 Å². The number of esters is 3. The molecule has 0 N–H and O–H groups in total. The third-order valence-corrected chi connectivity index (χ3v) is 12.8. The van der Waals surface area contributed by atoms with Crippen molar-refractivity contribution in [3.8, 4) is 0 Å². The number of unbranched alkanes of at least 4 members (excludes halogenated alkanes) is 38. The lowest BCUT2D eigenvalue weighted by atomic mass is 10.0. The molecule has 0 saturated heterocycles. The topological polar surface area (TPSA) is 78.9 Å². The zero-order valence-electron chi connectivity index (χ0n) is 42.3. The SMILES string of the molecule is CCCCCCCCCCCCCCCCCCC(=O)O[C@H](COC(=O)CCCCCCCCCCC)COC(=O)CCCCCCCCCCCCCCCCCCC(C)C. The molecule has 0 aliphatic carbocycles. The lowest BCUT2D eigenvalue weighted by Gasteiger charge is -2.18. The van der Waals surface area contributed by atoms with Crippen molar-refractivity contribution in [1.82, 2.24) is 0 Å². The first-order valence-electron chi connectivity index (χ1n) is 27.9. The second-order valence-corrected chi connectivity index (χ2v) is 19.7. The summed E-state index contributed by atoms with van der Waals surface area (Å²) in [6.07, 6.45) is 53.8. The van der Waals surface area contributed by atoms with E-state index in [9.17, 15) is 14.4 Å². The summed E-state index contributed by atoms with van der Waals surface area (Å²) >= 11 is 0. The van der Waals surface area contributed by atoms with Crippen LogP contribution >= 0.6 is 0 Å². The van der Waals surface area contributed by atoms with Crippen LogP contribution in [0.1, 0.15) is 317 Å². The van der Waals surface area contributed by atoms with Gasteiger partial charge >= 0.3 is 17.9 Å². The van der Waals surface area contributed by atoms with Gasteiger partial charge in [0.05, 0.1) is 0 Å². The van der Waals surface area contributed by atoms with E-state index < -0.39 is 6.10 Å². The van der Waals surface area contributed by atoms with Gasteiger partial charge in [0.1, 0.15) is 13.2 Å². The first kappa shape index (κ1) is 60.4. The number of carbonyl (C=O) groups is 3.